The fourth-order valence-corrected chi connectivity index (χ4v) is 6.07. The summed E-state index contributed by atoms with van der Waals surface area (Å²) in [5, 5.41) is 6.49. The van der Waals surface area contributed by atoms with Gasteiger partial charge in [0.05, 0.1) is 11.6 Å². The normalized spacial score (nSPS) is 28.4. The molecule has 176 valence electrons. The Hall–Kier alpha value is -2.77. The Labute approximate surface area is 203 Å². The number of alkyl halides is 3. The fourth-order valence-electron chi connectivity index (χ4n) is 5.65. The Bertz CT molecular complexity index is 1260. The van der Waals surface area contributed by atoms with Crippen LogP contribution in [0.15, 0.2) is 65.7 Å². The van der Waals surface area contributed by atoms with Crippen LogP contribution in [0.2, 0.25) is 5.02 Å². The van der Waals surface area contributed by atoms with Crippen LogP contribution < -0.4 is 10.6 Å². The summed E-state index contributed by atoms with van der Waals surface area (Å²) in [5.41, 5.74) is -1.62. The first-order valence-electron chi connectivity index (χ1n) is 10.7. The first-order chi connectivity index (χ1) is 16.1. The largest absolute Gasteiger partial charge is 0.416 e. The van der Waals surface area contributed by atoms with Crippen LogP contribution in [0.3, 0.4) is 0 Å². The van der Waals surface area contributed by atoms with Gasteiger partial charge in [0.15, 0.2) is 0 Å². The van der Waals surface area contributed by atoms with Crippen molar-refractivity contribution in [1.29, 1.82) is 0 Å². The second-order valence-corrected chi connectivity index (χ2v) is 9.70. The summed E-state index contributed by atoms with van der Waals surface area (Å²) in [6, 6.07) is 8.64. The van der Waals surface area contributed by atoms with Gasteiger partial charge >= 0.3 is 6.18 Å². The summed E-state index contributed by atoms with van der Waals surface area (Å²) >= 11 is 12.5. The first-order valence-corrected chi connectivity index (χ1v) is 11.5. The van der Waals surface area contributed by atoms with Crippen LogP contribution in [0.5, 0.6) is 0 Å². The lowest BCUT2D eigenvalue weighted by atomic mass is 9.56. The van der Waals surface area contributed by atoms with Crippen molar-refractivity contribution in [3.8, 4) is 0 Å². The molecule has 0 radical (unpaired) electrons. The lowest BCUT2D eigenvalue weighted by Gasteiger charge is -2.49. The first kappa shape index (κ1) is 23.0. The molecule has 4 atom stereocenters. The molecule has 1 fully saturated rings. The maximum atomic E-state index is 14.1. The number of hydrogen-bond donors (Lipinski definition) is 2. The average molecular weight is 507 g/mol. The summed E-state index contributed by atoms with van der Waals surface area (Å²) in [7, 11) is 0. The third-order valence-corrected chi connectivity index (χ3v) is 7.48. The minimum Gasteiger partial charge on any atom is -0.348 e. The van der Waals surface area contributed by atoms with Crippen molar-refractivity contribution in [3.05, 3.63) is 87.4 Å². The maximum Gasteiger partial charge on any atom is 0.416 e. The number of amides is 2. The Morgan fingerprint density at radius 1 is 1.03 bits per heavy atom. The molecule has 0 saturated carbocycles. The van der Waals surface area contributed by atoms with E-state index in [4.69, 9.17) is 23.2 Å². The number of rotatable bonds is 2. The topological polar surface area (TPSA) is 58.2 Å². The van der Waals surface area contributed by atoms with Crippen molar-refractivity contribution in [3.63, 3.8) is 0 Å². The van der Waals surface area contributed by atoms with Crippen molar-refractivity contribution < 1.29 is 22.8 Å². The molecule has 1 saturated heterocycles. The third kappa shape index (κ3) is 3.53. The van der Waals surface area contributed by atoms with E-state index < -0.39 is 40.9 Å². The van der Waals surface area contributed by atoms with Crippen LogP contribution >= 0.6 is 23.2 Å². The molecule has 2 aliphatic heterocycles. The van der Waals surface area contributed by atoms with Crippen molar-refractivity contribution >= 4 is 40.7 Å². The Kier molecular flexibility index (Phi) is 5.52. The lowest BCUT2D eigenvalue weighted by Crippen LogP contribution is -2.59. The van der Waals surface area contributed by atoms with Gasteiger partial charge < -0.3 is 10.6 Å². The molecule has 0 bridgehead atoms. The standard InChI is InChI=1S/C25H19Cl2F3N2O2/c26-14-5-3-4-13(10-14)19-12-21(33)32-22(16-6-1-2-7-17(16)25(28,29)30)24(19)18-9-8-15(27)11-20(18)31-23(24)34/h1-9,11,13,19,22H,10,12H2,(H,31,34)(H,32,33)/t13?,19?,22-,24+/m1/s1. The van der Waals surface area contributed by atoms with Gasteiger partial charge in [-0.1, -0.05) is 59.6 Å². The molecule has 2 N–H and O–H groups in total. The number of hydrogen-bond acceptors (Lipinski definition) is 2. The molecule has 5 rings (SSSR count). The minimum absolute atomic E-state index is 0.0423. The van der Waals surface area contributed by atoms with Crippen LogP contribution in [0, 0.1) is 11.8 Å². The van der Waals surface area contributed by atoms with Gasteiger partial charge in [-0.3, -0.25) is 9.59 Å². The minimum atomic E-state index is -4.68. The van der Waals surface area contributed by atoms with E-state index in [9.17, 15) is 22.8 Å². The summed E-state index contributed by atoms with van der Waals surface area (Å²) in [6.45, 7) is 0. The number of fused-ring (bicyclic) bond motifs is 2. The molecule has 2 unspecified atom stereocenters. The van der Waals surface area contributed by atoms with Crippen LogP contribution in [0.4, 0.5) is 18.9 Å². The van der Waals surface area contributed by atoms with E-state index in [2.05, 4.69) is 10.6 Å². The average Bonchev–Trinajstić information content (AvgIpc) is 3.06. The van der Waals surface area contributed by atoms with Gasteiger partial charge in [-0.05, 0) is 53.7 Å². The monoisotopic (exact) mass is 506 g/mol. The highest BCUT2D eigenvalue weighted by atomic mass is 35.5. The smallest absolute Gasteiger partial charge is 0.348 e. The van der Waals surface area contributed by atoms with Crippen molar-refractivity contribution in [2.75, 3.05) is 5.32 Å². The van der Waals surface area contributed by atoms with Crippen molar-refractivity contribution in [1.82, 2.24) is 5.32 Å². The van der Waals surface area contributed by atoms with Gasteiger partial charge in [0.25, 0.3) is 0 Å². The molecule has 3 aliphatic rings. The summed E-state index contributed by atoms with van der Waals surface area (Å²) in [4.78, 5) is 26.8. The van der Waals surface area contributed by atoms with Gasteiger partial charge in [-0.25, -0.2) is 0 Å². The Morgan fingerprint density at radius 2 is 1.79 bits per heavy atom. The summed E-state index contributed by atoms with van der Waals surface area (Å²) in [5.74, 6) is -1.88. The number of carbonyl (C=O) groups is 2. The van der Waals surface area contributed by atoms with E-state index in [-0.39, 0.29) is 17.9 Å². The third-order valence-electron chi connectivity index (χ3n) is 6.96. The van der Waals surface area contributed by atoms with E-state index in [1.165, 1.54) is 18.2 Å². The predicted octanol–water partition coefficient (Wildman–Crippen LogP) is 6.12. The second kappa shape index (κ2) is 8.17. The van der Waals surface area contributed by atoms with Gasteiger partial charge in [0.2, 0.25) is 11.8 Å². The molecule has 2 heterocycles. The molecular formula is C25H19Cl2F3N2O2. The quantitative estimate of drug-likeness (QED) is 0.515. The predicted molar refractivity (Wildman–Crippen MR) is 123 cm³/mol. The molecule has 4 nitrogen and oxygen atoms in total. The molecule has 1 aliphatic carbocycles. The molecule has 2 aromatic rings. The molecule has 34 heavy (non-hydrogen) atoms. The molecule has 9 heteroatoms. The van der Waals surface area contributed by atoms with Gasteiger partial charge in [0, 0.05) is 22.2 Å². The Balaban J connectivity index is 1.79. The van der Waals surface area contributed by atoms with E-state index in [0.29, 0.717) is 27.7 Å². The maximum absolute atomic E-state index is 14.1. The molecule has 1 spiro atoms. The highest BCUT2D eigenvalue weighted by Crippen LogP contribution is 2.58. The number of piperidine rings is 1. The Morgan fingerprint density at radius 3 is 2.53 bits per heavy atom. The van der Waals surface area contributed by atoms with E-state index >= 15 is 0 Å². The van der Waals surface area contributed by atoms with E-state index in [1.807, 2.05) is 6.08 Å². The van der Waals surface area contributed by atoms with Gasteiger partial charge in [-0.2, -0.15) is 13.2 Å². The van der Waals surface area contributed by atoms with Crippen LogP contribution in [0.25, 0.3) is 0 Å². The zero-order chi connectivity index (χ0) is 24.3. The number of carbonyl (C=O) groups excluding carboxylic acids is 2. The van der Waals surface area contributed by atoms with Crippen LogP contribution in [0.1, 0.15) is 35.6 Å². The summed E-state index contributed by atoms with van der Waals surface area (Å²) in [6.07, 6.45) is 1.01. The lowest BCUT2D eigenvalue weighted by molar-refractivity contribution is -0.142. The zero-order valence-corrected chi connectivity index (χ0v) is 19.1. The van der Waals surface area contributed by atoms with E-state index in [0.717, 1.165) is 6.07 Å². The highest BCUT2D eigenvalue weighted by Gasteiger charge is 2.62. The van der Waals surface area contributed by atoms with Crippen LogP contribution in [-0.4, -0.2) is 11.8 Å². The zero-order valence-electron chi connectivity index (χ0n) is 17.6. The fraction of sp³-hybridized carbons (Fsp3) is 0.280. The SMILES string of the molecule is O=C1CC(C2C=CC=C(Cl)C2)[C@]2(C(=O)Nc3cc(Cl)ccc32)[C@@H](c2ccccc2C(F)(F)F)N1. The molecule has 0 aromatic heterocycles. The number of allylic oxidation sites excluding steroid dienone is 4. The number of benzene rings is 2. The number of nitrogens with one attached hydrogen (secondary N) is 2. The molecular weight excluding hydrogens is 488 g/mol. The summed E-state index contributed by atoms with van der Waals surface area (Å²) < 4.78 is 42.2. The van der Waals surface area contributed by atoms with E-state index in [1.54, 1.807) is 30.4 Å². The highest BCUT2D eigenvalue weighted by molar-refractivity contribution is 6.31. The van der Waals surface area contributed by atoms with Crippen molar-refractivity contribution in [2.24, 2.45) is 11.8 Å². The molecule has 2 amide bonds. The van der Waals surface area contributed by atoms with Crippen molar-refractivity contribution in [2.45, 2.75) is 30.5 Å². The number of halogens is 5. The van der Waals surface area contributed by atoms with Crippen LogP contribution in [-0.2, 0) is 21.2 Å². The molecule has 2 aromatic carbocycles. The second-order valence-electron chi connectivity index (χ2n) is 8.78. The van der Waals surface area contributed by atoms with Gasteiger partial charge in [0.1, 0.15) is 5.41 Å². The van der Waals surface area contributed by atoms with Gasteiger partial charge in [-0.15, -0.1) is 0 Å². The number of anilines is 1.